The van der Waals surface area contributed by atoms with Crippen molar-refractivity contribution in [2.24, 2.45) is 11.7 Å². The van der Waals surface area contributed by atoms with E-state index in [1.165, 1.54) is 0 Å². The maximum absolute atomic E-state index is 12.3. The van der Waals surface area contributed by atoms with Crippen molar-refractivity contribution in [3.8, 4) is 0 Å². The molecular formula is C13H27Cl2N3O. The van der Waals surface area contributed by atoms with Gasteiger partial charge in [-0.25, -0.2) is 0 Å². The average Bonchev–Trinajstić information content (AvgIpc) is 2.75. The number of nitrogens with two attached hydrogens (primary N) is 1. The number of hydrogen-bond acceptors (Lipinski definition) is 3. The van der Waals surface area contributed by atoms with Crippen molar-refractivity contribution < 1.29 is 4.79 Å². The van der Waals surface area contributed by atoms with Gasteiger partial charge in [0.2, 0.25) is 5.91 Å². The summed E-state index contributed by atoms with van der Waals surface area (Å²) in [6.07, 6.45) is 2.90. The summed E-state index contributed by atoms with van der Waals surface area (Å²) >= 11 is 0. The Morgan fingerprint density at radius 1 is 1.11 bits per heavy atom. The van der Waals surface area contributed by atoms with E-state index in [0.29, 0.717) is 11.9 Å². The highest BCUT2D eigenvalue weighted by molar-refractivity contribution is 5.85. The predicted octanol–water partition coefficient (Wildman–Crippen LogP) is 1.51. The van der Waals surface area contributed by atoms with Crippen LogP contribution in [-0.4, -0.2) is 54.0 Å². The molecule has 2 aliphatic rings. The topological polar surface area (TPSA) is 49.6 Å². The highest BCUT2D eigenvalue weighted by Crippen LogP contribution is 2.26. The molecule has 19 heavy (non-hydrogen) atoms. The van der Waals surface area contributed by atoms with Gasteiger partial charge < -0.3 is 10.6 Å². The molecule has 2 rings (SSSR count). The first-order valence-electron chi connectivity index (χ1n) is 6.86. The van der Waals surface area contributed by atoms with Gasteiger partial charge in [-0.15, -0.1) is 24.8 Å². The van der Waals surface area contributed by atoms with Crippen LogP contribution in [0.1, 0.15) is 33.1 Å². The Balaban J connectivity index is 0.00000162. The lowest BCUT2D eigenvalue weighted by atomic mass is 10.1. The molecule has 1 aliphatic heterocycles. The van der Waals surface area contributed by atoms with Gasteiger partial charge in [-0.05, 0) is 33.1 Å². The zero-order valence-corrected chi connectivity index (χ0v) is 13.5. The minimum atomic E-state index is 0. The standard InChI is InChI=1S/C13H25N3O.2ClH/c1-10(2)15-5-7-16(8-6-15)13(17)11-3-4-12(14)9-11;;/h10-12H,3-9,14H2,1-2H3;2*1H. The maximum Gasteiger partial charge on any atom is 0.225 e. The summed E-state index contributed by atoms with van der Waals surface area (Å²) in [5.74, 6) is 0.553. The molecule has 1 saturated heterocycles. The summed E-state index contributed by atoms with van der Waals surface area (Å²) in [6.45, 7) is 8.25. The number of rotatable bonds is 2. The van der Waals surface area contributed by atoms with E-state index >= 15 is 0 Å². The van der Waals surface area contributed by atoms with Crippen molar-refractivity contribution in [1.82, 2.24) is 9.80 Å². The summed E-state index contributed by atoms with van der Waals surface area (Å²) < 4.78 is 0. The highest BCUT2D eigenvalue weighted by Gasteiger charge is 2.32. The van der Waals surface area contributed by atoms with Crippen LogP contribution in [0.15, 0.2) is 0 Å². The van der Waals surface area contributed by atoms with Crippen LogP contribution in [-0.2, 0) is 4.79 Å². The molecular weight excluding hydrogens is 285 g/mol. The summed E-state index contributed by atoms with van der Waals surface area (Å²) in [5, 5.41) is 0. The third kappa shape index (κ3) is 4.78. The molecule has 6 heteroatoms. The Morgan fingerprint density at radius 2 is 1.68 bits per heavy atom. The van der Waals surface area contributed by atoms with Gasteiger partial charge in [0.15, 0.2) is 0 Å². The molecule has 2 N–H and O–H groups in total. The molecule has 2 fully saturated rings. The second-order valence-corrected chi connectivity index (χ2v) is 5.73. The van der Waals surface area contributed by atoms with Gasteiger partial charge in [0.1, 0.15) is 0 Å². The van der Waals surface area contributed by atoms with E-state index in [2.05, 4.69) is 18.7 Å². The summed E-state index contributed by atoms with van der Waals surface area (Å²) in [6, 6.07) is 0.841. The maximum atomic E-state index is 12.3. The summed E-state index contributed by atoms with van der Waals surface area (Å²) in [5.41, 5.74) is 5.88. The molecule has 1 heterocycles. The van der Waals surface area contributed by atoms with Crippen LogP contribution in [0.3, 0.4) is 0 Å². The Bertz CT molecular complexity index is 281. The fourth-order valence-electron chi connectivity index (χ4n) is 2.96. The monoisotopic (exact) mass is 311 g/mol. The largest absolute Gasteiger partial charge is 0.340 e. The van der Waals surface area contributed by atoms with E-state index < -0.39 is 0 Å². The molecule has 0 aromatic rings. The summed E-state index contributed by atoms with van der Waals surface area (Å²) in [4.78, 5) is 16.8. The lowest BCUT2D eigenvalue weighted by molar-refractivity contribution is -0.137. The van der Waals surface area contributed by atoms with Gasteiger partial charge >= 0.3 is 0 Å². The first-order valence-corrected chi connectivity index (χ1v) is 6.86. The second-order valence-electron chi connectivity index (χ2n) is 5.73. The van der Waals surface area contributed by atoms with E-state index in [4.69, 9.17) is 5.73 Å². The van der Waals surface area contributed by atoms with Crippen LogP contribution in [0.25, 0.3) is 0 Å². The van der Waals surface area contributed by atoms with Gasteiger partial charge in [-0.3, -0.25) is 9.69 Å². The lowest BCUT2D eigenvalue weighted by Crippen LogP contribution is -2.51. The molecule has 4 nitrogen and oxygen atoms in total. The molecule has 0 radical (unpaired) electrons. The molecule has 0 aromatic carbocycles. The fraction of sp³-hybridized carbons (Fsp3) is 0.923. The Kier molecular flexibility index (Phi) is 8.29. The van der Waals surface area contributed by atoms with E-state index in [-0.39, 0.29) is 36.8 Å². The minimum absolute atomic E-state index is 0. The number of nitrogens with zero attached hydrogens (tertiary/aromatic N) is 2. The van der Waals surface area contributed by atoms with Gasteiger partial charge in [0.05, 0.1) is 0 Å². The number of piperazine rings is 1. The normalized spacial score (nSPS) is 27.9. The fourth-order valence-corrected chi connectivity index (χ4v) is 2.96. The van der Waals surface area contributed by atoms with Gasteiger partial charge in [-0.2, -0.15) is 0 Å². The third-order valence-corrected chi connectivity index (χ3v) is 4.18. The second kappa shape index (κ2) is 8.30. The van der Waals surface area contributed by atoms with Gasteiger partial charge in [0.25, 0.3) is 0 Å². The third-order valence-electron chi connectivity index (χ3n) is 4.18. The Hall–Kier alpha value is -0.0300. The number of carbonyl (C=O) groups excluding carboxylic acids is 1. The van der Waals surface area contributed by atoms with Crippen molar-refractivity contribution in [3.05, 3.63) is 0 Å². The van der Waals surface area contributed by atoms with E-state index in [0.717, 1.165) is 45.4 Å². The Morgan fingerprint density at radius 3 is 2.11 bits per heavy atom. The highest BCUT2D eigenvalue weighted by atomic mass is 35.5. The van der Waals surface area contributed by atoms with Crippen LogP contribution < -0.4 is 5.73 Å². The molecule has 2 atom stereocenters. The van der Waals surface area contributed by atoms with Crippen molar-refractivity contribution in [2.45, 2.75) is 45.2 Å². The summed E-state index contributed by atoms with van der Waals surface area (Å²) in [7, 11) is 0. The van der Waals surface area contributed by atoms with Crippen LogP contribution in [0.2, 0.25) is 0 Å². The number of halogens is 2. The molecule has 1 saturated carbocycles. The van der Waals surface area contributed by atoms with Crippen molar-refractivity contribution in [2.75, 3.05) is 26.2 Å². The van der Waals surface area contributed by atoms with Crippen LogP contribution >= 0.6 is 24.8 Å². The molecule has 1 aliphatic carbocycles. The van der Waals surface area contributed by atoms with E-state index in [9.17, 15) is 4.79 Å². The predicted molar refractivity (Wildman–Crippen MR) is 83.1 cm³/mol. The molecule has 2 unspecified atom stereocenters. The molecule has 114 valence electrons. The number of amides is 1. The molecule has 0 spiro atoms. The van der Waals surface area contributed by atoms with Crippen molar-refractivity contribution >= 4 is 30.7 Å². The molecule has 0 aromatic heterocycles. The number of carbonyl (C=O) groups is 1. The molecule has 1 amide bonds. The van der Waals surface area contributed by atoms with Gasteiger partial charge in [-0.1, -0.05) is 0 Å². The first kappa shape index (κ1) is 19.0. The van der Waals surface area contributed by atoms with Crippen LogP contribution in [0.4, 0.5) is 0 Å². The van der Waals surface area contributed by atoms with Crippen molar-refractivity contribution in [1.29, 1.82) is 0 Å². The Labute approximate surface area is 128 Å². The SMILES string of the molecule is CC(C)N1CCN(C(=O)C2CCC(N)C2)CC1.Cl.Cl. The first-order chi connectivity index (χ1) is 8.08. The number of hydrogen-bond donors (Lipinski definition) is 1. The van der Waals surface area contributed by atoms with E-state index in [1.807, 2.05) is 4.90 Å². The zero-order chi connectivity index (χ0) is 12.4. The van der Waals surface area contributed by atoms with Crippen molar-refractivity contribution in [3.63, 3.8) is 0 Å². The zero-order valence-electron chi connectivity index (χ0n) is 11.9. The van der Waals surface area contributed by atoms with E-state index in [1.54, 1.807) is 0 Å². The minimum Gasteiger partial charge on any atom is -0.340 e. The lowest BCUT2D eigenvalue weighted by Gasteiger charge is -2.37. The van der Waals surface area contributed by atoms with Crippen LogP contribution in [0.5, 0.6) is 0 Å². The van der Waals surface area contributed by atoms with Crippen LogP contribution in [0, 0.1) is 5.92 Å². The smallest absolute Gasteiger partial charge is 0.225 e. The molecule has 0 bridgehead atoms. The van der Waals surface area contributed by atoms with Gasteiger partial charge in [0, 0.05) is 44.2 Å². The quantitative estimate of drug-likeness (QED) is 0.841. The average molecular weight is 312 g/mol.